The molecule has 2 N–H and O–H groups in total. The molecule has 1 aromatic carbocycles. The first kappa shape index (κ1) is 20.1. The Kier molecular flexibility index (Phi) is 6.66. The highest BCUT2D eigenvalue weighted by Gasteiger charge is 2.26. The van der Waals surface area contributed by atoms with E-state index in [1.807, 2.05) is 12.3 Å². The molecule has 2 aromatic rings. The average Bonchev–Trinajstić information content (AvgIpc) is 3.01. The summed E-state index contributed by atoms with van der Waals surface area (Å²) in [6.45, 7) is 5.03. The Morgan fingerprint density at radius 2 is 2.30 bits per heavy atom. The molecule has 0 aliphatic rings. The number of nitrogens with zero attached hydrogens (tertiary/aromatic N) is 3. The molecule has 1 atom stereocenters. The molecule has 2 rings (SSSR count). The molecule has 0 saturated carbocycles. The Hall–Kier alpha value is -3.21. The van der Waals surface area contributed by atoms with Gasteiger partial charge in [-0.15, -0.1) is 11.3 Å². The van der Waals surface area contributed by atoms with E-state index >= 15 is 0 Å². The first-order chi connectivity index (χ1) is 12.8. The minimum atomic E-state index is -1.28. The molecular formula is C16H18N4O6S. The van der Waals surface area contributed by atoms with Gasteiger partial charge in [-0.1, -0.05) is 0 Å². The SMILES string of the molecule is CCOc1cc(C=NNc2nc(C)cs2)cc([N+](=O)[O-])c1OC(C)C(=O)O. The lowest BCUT2D eigenvalue weighted by molar-refractivity contribution is -0.386. The predicted octanol–water partition coefficient (Wildman–Crippen LogP) is 3.06. The van der Waals surface area contributed by atoms with Gasteiger partial charge >= 0.3 is 11.7 Å². The molecule has 1 heterocycles. The summed E-state index contributed by atoms with van der Waals surface area (Å²) in [6.07, 6.45) is 0.0913. The van der Waals surface area contributed by atoms with Gasteiger partial charge in [-0.05, 0) is 26.8 Å². The molecular weight excluding hydrogens is 376 g/mol. The second-order valence-electron chi connectivity index (χ2n) is 5.32. The molecule has 1 aromatic heterocycles. The molecule has 27 heavy (non-hydrogen) atoms. The van der Waals surface area contributed by atoms with Crippen LogP contribution in [0.5, 0.6) is 11.5 Å². The number of nitro groups is 1. The van der Waals surface area contributed by atoms with Crippen LogP contribution in [0.4, 0.5) is 10.8 Å². The van der Waals surface area contributed by atoms with Crippen molar-refractivity contribution in [2.75, 3.05) is 12.0 Å². The first-order valence-electron chi connectivity index (χ1n) is 7.87. The van der Waals surface area contributed by atoms with E-state index in [9.17, 15) is 14.9 Å². The normalized spacial score (nSPS) is 12.0. The quantitative estimate of drug-likeness (QED) is 0.376. The molecule has 0 aliphatic heterocycles. The van der Waals surface area contributed by atoms with Gasteiger partial charge in [0.2, 0.25) is 10.9 Å². The van der Waals surface area contributed by atoms with Gasteiger partial charge < -0.3 is 14.6 Å². The Morgan fingerprint density at radius 1 is 1.56 bits per heavy atom. The van der Waals surface area contributed by atoms with Crippen LogP contribution in [0.15, 0.2) is 22.6 Å². The lowest BCUT2D eigenvalue weighted by Gasteiger charge is -2.15. The number of nitro benzene ring substituents is 1. The summed E-state index contributed by atoms with van der Waals surface area (Å²) in [5.74, 6) is -1.43. The van der Waals surface area contributed by atoms with Gasteiger partial charge in [-0.3, -0.25) is 15.5 Å². The summed E-state index contributed by atoms with van der Waals surface area (Å²) < 4.78 is 10.7. The van der Waals surface area contributed by atoms with E-state index in [4.69, 9.17) is 14.6 Å². The van der Waals surface area contributed by atoms with Crippen LogP contribution in [0.3, 0.4) is 0 Å². The van der Waals surface area contributed by atoms with Crippen LogP contribution < -0.4 is 14.9 Å². The van der Waals surface area contributed by atoms with Crippen molar-refractivity contribution in [3.05, 3.63) is 38.9 Å². The zero-order chi connectivity index (χ0) is 20.0. The number of benzene rings is 1. The number of carboxylic acids is 1. The molecule has 11 heteroatoms. The highest BCUT2D eigenvalue weighted by molar-refractivity contribution is 7.13. The fourth-order valence-corrected chi connectivity index (χ4v) is 2.63. The van der Waals surface area contributed by atoms with Crippen LogP contribution >= 0.6 is 11.3 Å². The monoisotopic (exact) mass is 394 g/mol. The molecule has 144 valence electrons. The summed E-state index contributed by atoms with van der Waals surface area (Å²) in [5.41, 5.74) is 3.54. The summed E-state index contributed by atoms with van der Waals surface area (Å²) in [4.78, 5) is 26.0. The highest BCUT2D eigenvalue weighted by Crippen LogP contribution is 2.39. The number of rotatable bonds is 9. The first-order valence-corrected chi connectivity index (χ1v) is 8.75. The van der Waals surface area contributed by atoms with Gasteiger partial charge in [-0.2, -0.15) is 5.10 Å². The Labute approximate surface area is 158 Å². The third kappa shape index (κ3) is 5.38. The predicted molar refractivity (Wildman–Crippen MR) is 100 cm³/mol. The number of carboxylic acid groups (broad SMARTS) is 1. The van der Waals surface area contributed by atoms with Crippen LogP contribution in [0.1, 0.15) is 25.1 Å². The number of thiazole rings is 1. The summed E-state index contributed by atoms with van der Waals surface area (Å²) in [5, 5.41) is 26.9. The van der Waals surface area contributed by atoms with E-state index in [0.29, 0.717) is 10.7 Å². The third-order valence-corrected chi connectivity index (χ3v) is 4.05. The summed E-state index contributed by atoms with van der Waals surface area (Å²) in [6, 6.07) is 2.71. The number of carbonyl (C=O) groups is 1. The number of nitrogens with one attached hydrogen (secondary N) is 1. The number of hydrogen-bond donors (Lipinski definition) is 2. The van der Waals surface area contributed by atoms with Crippen molar-refractivity contribution >= 4 is 34.3 Å². The maximum atomic E-state index is 11.4. The number of ether oxygens (including phenoxy) is 2. The second-order valence-corrected chi connectivity index (χ2v) is 6.18. The van der Waals surface area contributed by atoms with E-state index in [1.165, 1.54) is 36.6 Å². The zero-order valence-electron chi connectivity index (χ0n) is 14.8. The lowest BCUT2D eigenvalue weighted by atomic mass is 10.1. The standard InChI is InChI=1S/C16H18N4O6S/c1-4-25-13-6-11(7-17-19-16-18-9(2)8-27-16)5-12(20(23)24)14(13)26-10(3)15(21)22/h5-8,10H,4H2,1-3H3,(H,18,19)(H,21,22). The van der Waals surface area contributed by atoms with Crippen molar-refractivity contribution in [2.24, 2.45) is 5.10 Å². The number of anilines is 1. The molecule has 0 spiro atoms. The zero-order valence-corrected chi connectivity index (χ0v) is 15.6. The van der Waals surface area contributed by atoms with Crippen LogP contribution in [-0.2, 0) is 4.79 Å². The molecule has 0 amide bonds. The molecule has 0 saturated heterocycles. The summed E-state index contributed by atoms with van der Waals surface area (Å²) >= 11 is 1.37. The van der Waals surface area contributed by atoms with Crippen molar-refractivity contribution in [1.82, 2.24) is 4.98 Å². The van der Waals surface area contributed by atoms with Crippen molar-refractivity contribution < 1.29 is 24.3 Å². The van der Waals surface area contributed by atoms with Crippen LogP contribution in [0.2, 0.25) is 0 Å². The Balaban J connectivity index is 2.35. The fourth-order valence-electron chi connectivity index (χ4n) is 1.99. The second kappa shape index (κ2) is 8.94. The van der Waals surface area contributed by atoms with Crippen LogP contribution in [0, 0.1) is 17.0 Å². The Bertz CT molecular complexity index is 867. The van der Waals surface area contributed by atoms with Crippen molar-refractivity contribution in [2.45, 2.75) is 26.9 Å². The minimum absolute atomic E-state index is 0.0614. The number of aryl methyl sites for hydroxylation is 1. The van der Waals surface area contributed by atoms with Crippen LogP contribution in [-0.4, -0.2) is 39.9 Å². The molecule has 10 nitrogen and oxygen atoms in total. The van der Waals surface area contributed by atoms with E-state index in [-0.39, 0.29) is 18.1 Å². The number of aromatic nitrogens is 1. The van der Waals surface area contributed by atoms with Crippen LogP contribution in [0.25, 0.3) is 0 Å². The smallest absolute Gasteiger partial charge is 0.344 e. The van der Waals surface area contributed by atoms with Gasteiger partial charge in [0, 0.05) is 17.0 Å². The van der Waals surface area contributed by atoms with Gasteiger partial charge in [0.05, 0.1) is 23.4 Å². The number of hydrazone groups is 1. The van der Waals surface area contributed by atoms with Crippen molar-refractivity contribution in [3.63, 3.8) is 0 Å². The van der Waals surface area contributed by atoms with Gasteiger partial charge in [-0.25, -0.2) is 9.78 Å². The lowest BCUT2D eigenvalue weighted by Crippen LogP contribution is -2.23. The maximum Gasteiger partial charge on any atom is 0.344 e. The molecule has 1 unspecified atom stereocenters. The third-order valence-electron chi connectivity index (χ3n) is 3.19. The van der Waals surface area contributed by atoms with Crippen molar-refractivity contribution in [3.8, 4) is 11.5 Å². The minimum Gasteiger partial charge on any atom is -0.490 e. The van der Waals surface area contributed by atoms with Crippen molar-refractivity contribution in [1.29, 1.82) is 0 Å². The van der Waals surface area contributed by atoms with Gasteiger partial charge in [0.25, 0.3) is 0 Å². The number of aliphatic carboxylic acids is 1. The molecule has 0 aliphatic carbocycles. The highest BCUT2D eigenvalue weighted by atomic mass is 32.1. The van der Waals surface area contributed by atoms with E-state index in [0.717, 1.165) is 5.69 Å². The summed E-state index contributed by atoms with van der Waals surface area (Å²) in [7, 11) is 0. The fraction of sp³-hybridized carbons (Fsp3) is 0.312. The average molecular weight is 394 g/mol. The number of hydrogen-bond acceptors (Lipinski definition) is 9. The Morgan fingerprint density at radius 3 is 2.85 bits per heavy atom. The molecule has 0 fully saturated rings. The van der Waals surface area contributed by atoms with E-state index in [2.05, 4.69) is 15.5 Å². The molecule has 0 radical (unpaired) electrons. The molecule has 0 bridgehead atoms. The van der Waals surface area contributed by atoms with Gasteiger partial charge in [0.15, 0.2) is 11.9 Å². The largest absolute Gasteiger partial charge is 0.490 e. The van der Waals surface area contributed by atoms with E-state index in [1.54, 1.807) is 6.92 Å². The topological polar surface area (TPSA) is 136 Å². The maximum absolute atomic E-state index is 11.4. The van der Waals surface area contributed by atoms with Gasteiger partial charge in [0.1, 0.15) is 0 Å². The van der Waals surface area contributed by atoms with E-state index < -0.39 is 22.7 Å².